The van der Waals surface area contributed by atoms with Crippen LogP contribution in [0.2, 0.25) is 0 Å². The van der Waals surface area contributed by atoms with Crippen molar-refractivity contribution in [2.75, 3.05) is 13.2 Å². The molecule has 0 aliphatic carbocycles. The maximum absolute atomic E-state index is 12.2. The second-order valence-electron chi connectivity index (χ2n) is 6.48. The molecule has 0 aromatic heterocycles. The van der Waals surface area contributed by atoms with E-state index >= 15 is 0 Å². The molecule has 0 spiro atoms. The van der Waals surface area contributed by atoms with E-state index in [4.69, 9.17) is 14.9 Å². The Morgan fingerprint density at radius 3 is 2.82 bits per heavy atom. The quantitative estimate of drug-likeness (QED) is 0.203. The third-order valence-corrected chi connectivity index (χ3v) is 4.35. The Bertz CT molecular complexity index is 657. The second kappa shape index (κ2) is 11.1. The van der Waals surface area contributed by atoms with Crippen molar-refractivity contribution in [3.8, 4) is 0 Å². The lowest BCUT2D eigenvalue weighted by molar-refractivity contribution is -0.527. The number of amides is 1. The van der Waals surface area contributed by atoms with E-state index in [-0.39, 0.29) is 12.6 Å². The molecule has 2 rings (SSSR count). The van der Waals surface area contributed by atoms with Crippen molar-refractivity contribution in [3.05, 3.63) is 46.0 Å². The van der Waals surface area contributed by atoms with E-state index in [1.807, 2.05) is 42.7 Å². The molecule has 3 N–H and O–H groups in total. The van der Waals surface area contributed by atoms with Crippen LogP contribution in [0.4, 0.5) is 4.79 Å². The molecule has 0 unspecified atom stereocenters. The number of nitrogens with one attached hydrogen (secondary N) is 3. The predicted octanol–water partition coefficient (Wildman–Crippen LogP) is 2.24. The van der Waals surface area contributed by atoms with Crippen molar-refractivity contribution in [2.24, 2.45) is 0 Å². The first-order chi connectivity index (χ1) is 13.5. The third kappa shape index (κ3) is 6.69. The number of nitrogens with zero attached hydrogens (tertiary/aromatic N) is 2. The van der Waals surface area contributed by atoms with Crippen LogP contribution in [0.3, 0.4) is 0 Å². The lowest BCUT2D eigenvalue weighted by Crippen LogP contribution is -2.60. The fourth-order valence-corrected chi connectivity index (χ4v) is 2.97. The number of carbonyl (C=O) groups is 1. The normalized spacial score (nSPS) is 19.0. The summed E-state index contributed by atoms with van der Waals surface area (Å²) in [4.78, 5) is 24.4. The summed E-state index contributed by atoms with van der Waals surface area (Å²) in [7, 11) is 0. The van der Waals surface area contributed by atoms with Crippen molar-refractivity contribution in [1.29, 1.82) is 5.41 Å². The van der Waals surface area contributed by atoms with Gasteiger partial charge in [0.2, 0.25) is 0 Å². The van der Waals surface area contributed by atoms with Crippen molar-refractivity contribution in [1.82, 2.24) is 15.6 Å². The largest absolute Gasteiger partial charge is 0.445 e. The fraction of sp³-hybridized carbons (Fsp3) is 0.556. The van der Waals surface area contributed by atoms with E-state index in [0.717, 1.165) is 18.4 Å². The van der Waals surface area contributed by atoms with Crippen molar-refractivity contribution < 1.29 is 19.3 Å². The molecule has 10 nitrogen and oxygen atoms in total. The highest BCUT2D eigenvalue weighted by Gasteiger charge is 2.36. The maximum Gasteiger partial charge on any atom is 0.407 e. The SMILES string of the molecule is CCCCO[C@H]1[C@@H](NC(=O)OCc2ccccc2)CCCN1C(=N)N[N+](=O)[O-]. The van der Waals surface area contributed by atoms with Crippen LogP contribution < -0.4 is 10.7 Å². The number of hydrogen-bond donors (Lipinski definition) is 3. The zero-order valence-electron chi connectivity index (χ0n) is 15.9. The van der Waals surface area contributed by atoms with Crippen LogP contribution in [0.15, 0.2) is 30.3 Å². The van der Waals surface area contributed by atoms with E-state index in [0.29, 0.717) is 26.0 Å². The molecule has 1 aromatic rings. The number of hydrogen-bond acceptors (Lipinski definition) is 6. The number of likely N-dealkylation sites (tertiary alicyclic amines) is 1. The van der Waals surface area contributed by atoms with Gasteiger partial charge in [-0.2, -0.15) is 0 Å². The molecule has 1 aliphatic heterocycles. The maximum atomic E-state index is 12.2. The second-order valence-corrected chi connectivity index (χ2v) is 6.48. The molecule has 154 valence electrons. The molecule has 28 heavy (non-hydrogen) atoms. The molecule has 1 saturated heterocycles. The van der Waals surface area contributed by atoms with Crippen molar-refractivity contribution in [3.63, 3.8) is 0 Å². The van der Waals surface area contributed by atoms with Gasteiger partial charge in [-0.05, 0) is 24.8 Å². The summed E-state index contributed by atoms with van der Waals surface area (Å²) in [5, 5.41) is 20.6. The first-order valence-corrected chi connectivity index (χ1v) is 9.36. The molecule has 1 fully saturated rings. The van der Waals surface area contributed by atoms with Crippen LogP contribution in [0.5, 0.6) is 0 Å². The van der Waals surface area contributed by atoms with E-state index in [9.17, 15) is 14.9 Å². The van der Waals surface area contributed by atoms with Crippen LogP contribution in [0.25, 0.3) is 0 Å². The summed E-state index contributed by atoms with van der Waals surface area (Å²) in [6.45, 7) is 3.02. The number of ether oxygens (including phenoxy) is 2. The number of piperidine rings is 1. The molecule has 0 radical (unpaired) electrons. The van der Waals surface area contributed by atoms with Gasteiger partial charge in [0.1, 0.15) is 6.61 Å². The summed E-state index contributed by atoms with van der Waals surface area (Å²) in [5.41, 5.74) is 2.73. The lowest BCUT2D eigenvalue weighted by atomic mass is 10.0. The summed E-state index contributed by atoms with van der Waals surface area (Å²) in [6, 6.07) is 8.88. The Morgan fingerprint density at radius 1 is 1.39 bits per heavy atom. The van der Waals surface area contributed by atoms with E-state index < -0.39 is 23.4 Å². The number of hydrazine groups is 1. The van der Waals surface area contributed by atoms with Gasteiger partial charge < -0.3 is 19.7 Å². The standard InChI is InChI=1S/C18H27N5O5/c1-2-3-12-27-16-15(10-7-11-22(16)17(19)21-23(25)26)20-18(24)28-13-14-8-5-4-6-9-14/h4-6,8-9,15-16H,2-3,7,10-13H2,1H3,(H2,19,21)(H,20,24)/t15-,16-/m0/s1. The Hall–Kier alpha value is -2.88. The van der Waals surface area contributed by atoms with Gasteiger partial charge in [-0.1, -0.05) is 49.1 Å². The van der Waals surface area contributed by atoms with Gasteiger partial charge in [-0.25, -0.2) is 14.9 Å². The monoisotopic (exact) mass is 393 g/mol. The molecular formula is C18H27N5O5. The van der Waals surface area contributed by atoms with E-state index in [1.165, 1.54) is 4.90 Å². The van der Waals surface area contributed by atoms with Crippen LogP contribution in [-0.2, 0) is 16.1 Å². The Morgan fingerprint density at radius 2 is 2.14 bits per heavy atom. The van der Waals surface area contributed by atoms with E-state index in [1.54, 1.807) is 0 Å². The fourth-order valence-electron chi connectivity index (χ4n) is 2.97. The summed E-state index contributed by atoms with van der Waals surface area (Å²) in [6.07, 6.45) is 1.75. The summed E-state index contributed by atoms with van der Waals surface area (Å²) in [5.74, 6) is -0.365. The zero-order valence-corrected chi connectivity index (χ0v) is 15.9. The van der Waals surface area contributed by atoms with Gasteiger partial charge in [-0.3, -0.25) is 5.41 Å². The highest BCUT2D eigenvalue weighted by Crippen LogP contribution is 2.20. The predicted molar refractivity (Wildman–Crippen MR) is 102 cm³/mol. The highest BCUT2D eigenvalue weighted by molar-refractivity contribution is 5.76. The van der Waals surface area contributed by atoms with Crippen LogP contribution in [0.1, 0.15) is 38.2 Å². The van der Waals surface area contributed by atoms with Gasteiger partial charge in [0.25, 0.3) is 5.96 Å². The van der Waals surface area contributed by atoms with Crippen LogP contribution in [-0.4, -0.2) is 47.4 Å². The average Bonchev–Trinajstić information content (AvgIpc) is 2.68. The Labute approximate surface area is 163 Å². The summed E-state index contributed by atoms with van der Waals surface area (Å²) >= 11 is 0. The lowest BCUT2D eigenvalue weighted by Gasteiger charge is -2.41. The molecule has 0 bridgehead atoms. The smallest absolute Gasteiger partial charge is 0.407 e. The molecule has 2 atom stereocenters. The van der Waals surface area contributed by atoms with Crippen LogP contribution in [0, 0.1) is 15.5 Å². The first-order valence-electron chi connectivity index (χ1n) is 9.36. The van der Waals surface area contributed by atoms with Gasteiger partial charge >= 0.3 is 6.09 Å². The Kier molecular flexibility index (Phi) is 8.47. The number of alkyl carbamates (subject to hydrolysis) is 1. The molecule has 1 aliphatic rings. The number of guanidine groups is 1. The number of benzene rings is 1. The molecule has 0 saturated carbocycles. The van der Waals surface area contributed by atoms with Crippen LogP contribution >= 0.6 is 0 Å². The number of carbonyl (C=O) groups excluding carboxylic acids is 1. The van der Waals surface area contributed by atoms with Gasteiger partial charge in [0, 0.05) is 13.2 Å². The molecule has 1 amide bonds. The molecule has 1 aromatic carbocycles. The van der Waals surface area contributed by atoms with Crippen molar-refractivity contribution in [2.45, 2.75) is 51.5 Å². The topological polar surface area (TPSA) is 130 Å². The summed E-state index contributed by atoms with van der Waals surface area (Å²) < 4.78 is 11.1. The van der Waals surface area contributed by atoms with Gasteiger partial charge in [-0.15, -0.1) is 0 Å². The zero-order chi connectivity index (χ0) is 20.4. The number of nitro groups is 1. The van der Waals surface area contributed by atoms with Gasteiger partial charge in [0.05, 0.1) is 6.04 Å². The highest BCUT2D eigenvalue weighted by atomic mass is 16.7. The molecule has 1 heterocycles. The molecular weight excluding hydrogens is 366 g/mol. The van der Waals surface area contributed by atoms with E-state index in [2.05, 4.69) is 5.32 Å². The minimum absolute atomic E-state index is 0.142. The van der Waals surface area contributed by atoms with Gasteiger partial charge in [0.15, 0.2) is 11.3 Å². The number of unbranched alkanes of at least 4 members (excludes halogenated alkanes) is 1. The minimum atomic E-state index is -0.781. The first kappa shape index (κ1) is 21.4. The molecule has 10 heteroatoms. The number of rotatable bonds is 8. The average molecular weight is 393 g/mol. The third-order valence-electron chi connectivity index (χ3n) is 4.35. The minimum Gasteiger partial charge on any atom is -0.445 e. The van der Waals surface area contributed by atoms with Crippen molar-refractivity contribution >= 4 is 12.1 Å². The Balaban J connectivity index is 1.98.